The molecule has 5 rings (SSSR count). The number of hydrogen-bond donors (Lipinski definition) is 0. The summed E-state index contributed by atoms with van der Waals surface area (Å²) in [6.45, 7) is 7.07. The molecule has 2 aromatic carbocycles. The highest BCUT2D eigenvalue weighted by Crippen LogP contribution is 2.36. The second kappa shape index (κ2) is 12.4. The molecular weight excluding hydrogens is 592 g/mol. The quantitative estimate of drug-likeness (QED) is 0.195. The number of ether oxygens (including phenoxy) is 3. The van der Waals surface area contributed by atoms with Gasteiger partial charge in [-0.15, -0.1) is 0 Å². The molecule has 0 N–H and O–H groups in total. The Kier molecular flexibility index (Phi) is 8.70. The standard InChI is InChI=1S/C32H29ClN2O7S/c1-17(2)16-40-31(38)28-18(3)34-32-35(29(28)20-10-12-25(41-19(4)36)26(14-20)39-5)30(37)27(43-32)15-21-11-13-24(42-21)22-8-6-7-9-23(22)33/h6-15,17,29H,16H2,1-5H3. The number of halogens is 1. The zero-order valence-corrected chi connectivity index (χ0v) is 25.7. The predicted octanol–water partition coefficient (Wildman–Crippen LogP) is 5.28. The van der Waals surface area contributed by atoms with Crippen LogP contribution in [0.5, 0.6) is 11.5 Å². The van der Waals surface area contributed by atoms with Gasteiger partial charge in [0.05, 0.1) is 40.6 Å². The van der Waals surface area contributed by atoms with E-state index in [0.717, 1.165) is 5.56 Å². The van der Waals surface area contributed by atoms with Crippen molar-refractivity contribution in [2.75, 3.05) is 13.7 Å². The second-order valence-corrected chi connectivity index (χ2v) is 11.7. The second-order valence-electron chi connectivity index (χ2n) is 10.3. The van der Waals surface area contributed by atoms with Crippen LogP contribution in [0.1, 0.15) is 45.1 Å². The van der Waals surface area contributed by atoms with Crippen LogP contribution in [0.25, 0.3) is 17.4 Å². The van der Waals surface area contributed by atoms with Gasteiger partial charge in [0.1, 0.15) is 11.5 Å². The number of furan rings is 1. The normalized spacial score (nSPS) is 14.9. The van der Waals surface area contributed by atoms with Crippen molar-refractivity contribution in [3.63, 3.8) is 0 Å². The largest absolute Gasteiger partial charge is 0.493 e. The van der Waals surface area contributed by atoms with Crippen LogP contribution in [-0.2, 0) is 14.3 Å². The molecule has 0 saturated heterocycles. The summed E-state index contributed by atoms with van der Waals surface area (Å²) >= 11 is 7.51. The third kappa shape index (κ3) is 6.21. The van der Waals surface area contributed by atoms with E-state index in [2.05, 4.69) is 4.99 Å². The lowest BCUT2D eigenvalue weighted by Crippen LogP contribution is -2.40. The number of carbonyl (C=O) groups is 2. The number of carbonyl (C=O) groups excluding carboxylic acids is 2. The van der Waals surface area contributed by atoms with E-state index in [1.165, 1.54) is 29.9 Å². The molecule has 4 aromatic rings. The Morgan fingerprint density at radius 3 is 2.60 bits per heavy atom. The average Bonchev–Trinajstić information content (AvgIpc) is 3.55. The van der Waals surface area contributed by atoms with Crippen LogP contribution in [0.15, 0.2) is 80.1 Å². The third-order valence-electron chi connectivity index (χ3n) is 6.59. The van der Waals surface area contributed by atoms with E-state index in [0.29, 0.717) is 37.1 Å². The van der Waals surface area contributed by atoms with E-state index in [4.69, 9.17) is 30.2 Å². The fourth-order valence-corrected chi connectivity index (χ4v) is 5.93. The van der Waals surface area contributed by atoms with Crippen molar-refractivity contribution in [3.8, 4) is 22.8 Å². The third-order valence-corrected chi connectivity index (χ3v) is 7.90. The lowest BCUT2D eigenvalue weighted by Gasteiger charge is -2.25. The first-order valence-corrected chi connectivity index (χ1v) is 14.7. The number of hydrogen-bond acceptors (Lipinski definition) is 9. The van der Waals surface area contributed by atoms with Gasteiger partial charge in [-0.2, -0.15) is 0 Å². The highest BCUT2D eigenvalue weighted by molar-refractivity contribution is 7.07. The van der Waals surface area contributed by atoms with Crippen molar-refractivity contribution >= 4 is 41.0 Å². The lowest BCUT2D eigenvalue weighted by molar-refractivity contribution is -0.140. The lowest BCUT2D eigenvalue weighted by atomic mass is 9.95. The van der Waals surface area contributed by atoms with Crippen LogP contribution in [0.2, 0.25) is 5.02 Å². The molecule has 0 bridgehead atoms. The molecule has 2 aromatic heterocycles. The summed E-state index contributed by atoms with van der Waals surface area (Å²) in [5.74, 6) is 0.516. The van der Waals surface area contributed by atoms with Crippen LogP contribution in [0.3, 0.4) is 0 Å². The highest BCUT2D eigenvalue weighted by atomic mass is 35.5. The molecule has 0 amide bonds. The maximum atomic E-state index is 14.0. The number of fused-ring (bicyclic) bond motifs is 1. The fourth-order valence-electron chi connectivity index (χ4n) is 4.68. The fraction of sp³-hybridized carbons (Fsp3) is 0.250. The number of aromatic nitrogens is 1. The zero-order valence-electron chi connectivity index (χ0n) is 24.2. The van der Waals surface area contributed by atoms with E-state index in [9.17, 15) is 14.4 Å². The Balaban J connectivity index is 1.65. The minimum atomic E-state index is -0.881. The Hall–Kier alpha value is -4.41. The number of allylic oxidation sites excluding steroid dienone is 1. The van der Waals surface area contributed by atoms with Gasteiger partial charge in [0.25, 0.3) is 5.56 Å². The van der Waals surface area contributed by atoms with Gasteiger partial charge in [-0.1, -0.05) is 55.0 Å². The summed E-state index contributed by atoms with van der Waals surface area (Å²) in [6.07, 6.45) is 1.64. The maximum absolute atomic E-state index is 14.0. The number of esters is 2. The molecular formula is C32H29ClN2O7S. The number of nitrogens with zero attached hydrogens (tertiary/aromatic N) is 2. The van der Waals surface area contributed by atoms with Crippen molar-refractivity contribution in [3.05, 3.63) is 102 Å². The van der Waals surface area contributed by atoms with E-state index in [1.54, 1.807) is 49.4 Å². The predicted molar refractivity (Wildman–Crippen MR) is 163 cm³/mol. The Morgan fingerprint density at radius 2 is 1.91 bits per heavy atom. The topological polar surface area (TPSA) is 109 Å². The molecule has 0 spiro atoms. The van der Waals surface area contributed by atoms with Crippen molar-refractivity contribution < 1.29 is 28.2 Å². The molecule has 11 heteroatoms. The molecule has 0 aliphatic carbocycles. The van der Waals surface area contributed by atoms with Crippen molar-refractivity contribution in [2.24, 2.45) is 10.9 Å². The highest BCUT2D eigenvalue weighted by Gasteiger charge is 2.34. The summed E-state index contributed by atoms with van der Waals surface area (Å²) in [5.41, 5.74) is 1.56. The molecule has 0 radical (unpaired) electrons. The SMILES string of the molecule is COc1cc(C2C(C(=O)OCC(C)C)=C(C)N=c3sc(=Cc4ccc(-c5ccccc5Cl)o4)c(=O)n32)ccc1OC(C)=O. The van der Waals surface area contributed by atoms with Crippen molar-refractivity contribution in [1.29, 1.82) is 0 Å². The van der Waals surface area contributed by atoms with Gasteiger partial charge in [-0.25, -0.2) is 9.79 Å². The summed E-state index contributed by atoms with van der Waals surface area (Å²) in [5, 5.41) is 0.547. The maximum Gasteiger partial charge on any atom is 0.338 e. The van der Waals surface area contributed by atoms with E-state index < -0.39 is 18.0 Å². The van der Waals surface area contributed by atoms with E-state index >= 15 is 0 Å². The van der Waals surface area contributed by atoms with Crippen LogP contribution in [0.4, 0.5) is 0 Å². The Bertz CT molecular complexity index is 1930. The number of thiazole rings is 1. The van der Waals surface area contributed by atoms with E-state index in [-0.39, 0.29) is 35.2 Å². The summed E-state index contributed by atoms with van der Waals surface area (Å²) in [4.78, 5) is 44.1. The van der Waals surface area contributed by atoms with Crippen LogP contribution in [0, 0.1) is 5.92 Å². The number of benzene rings is 2. The van der Waals surface area contributed by atoms with Crippen LogP contribution in [-0.4, -0.2) is 30.2 Å². The average molecular weight is 621 g/mol. The molecule has 222 valence electrons. The number of rotatable bonds is 8. The van der Waals surface area contributed by atoms with Crippen LogP contribution >= 0.6 is 22.9 Å². The molecule has 0 fully saturated rings. The summed E-state index contributed by atoms with van der Waals surface area (Å²) in [7, 11) is 1.44. The van der Waals surface area contributed by atoms with Gasteiger partial charge in [-0.05, 0) is 54.8 Å². The van der Waals surface area contributed by atoms with Gasteiger partial charge in [0.15, 0.2) is 16.3 Å². The van der Waals surface area contributed by atoms with Gasteiger partial charge in [0, 0.05) is 18.6 Å². The van der Waals surface area contributed by atoms with Crippen molar-refractivity contribution in [1.82, 2.24) is 4.57 Å². The molecule has 1 aliphatic heterocycles. The Labute approximate surface area is 256 Å². The molecule has 43 heavy (non-hydrogen) atoms. The first-order valence-electron chi connectivity index (χ1n) is 13.5. The molecule has 1 unspecified atom stereocenters. The van der Waals surface area contributed by atoms with Gasteiger partial charge >= 0.3 is 11.9 Å². The number of methoxy groups -OCH3 is 1. The molecule has 9 nitrogen and oxygen atoms in total. The first-order chi connectivity index (χ1) is 20.6. The smallest absolute Gasteiger partial charge is 0.338 e. The minimum Gasteiger partial charge on any atom is -0.493 e. The van der Waals surface area contributed by atoms with Gasteiger partial charge in [-0.3, -0.25) is 14.2 Å². The van der Waals surface area contributed by atoms with Gasteiger partial charge in [0.2, 0.25) is 0 Å². The Morgan fingerprint density at radius 1 is 1.14 bits per heavy atom. The van der Waals surface area contributed by atoms with Crippen LogP contribution < -0.4 is 24.4 Å². The molecule has 1 aliphatic rings. The summed E-state index contributed by atoms with van der Waals surface area (Å²) in [6, 6.07) is 14.9. The molecule has 1 atom stereocenters. The van der Waals surface area contributed by atoms with E-state index in [1.807, 2.05) is 32.0 Å². The molecule has 0 saturated carbocycles. The minimum absolute atomic E-state index is 0.108. The van der Waals surface area contributed by atoms with Gasteiger partial charge < -0.3 is 18.6 Å². The first kappa shape index (κ1) is 30.1. The van der Waals surface area contributed by atoms with Crippen molar-refractivity contribution in [2.45, 2.75) is 33.7 Å². The monoisotopic (exact) mass is 620 g/mol. The molecule has 3 heterocycles. The summed E-state index contributed by atoms with van der Waals surface area (Å²) < 4.78 is 24.2. The zero-order chi connectivity index (χ0) is 30.8.